The van der Waals surface area contributed by atoms with Gasteiger partial charge in [0, 0.05) is 44.3 Å². The van der Waals surface area contributed by atoms with Crippen molar-refractivity contribution < 1.29 is 37.8 Å². The maximum Gasteiger partial charge on any atom is 0.278 e. The van der Waals surface area contributed by atoms with Crippen LogP contribution in [0.2, 0.25) is 5.02 Å². The molecule has 6 heteroatoms. The monoisotopic (exact) mass is 488 g/mol. The summed E-state index contributed by atoms with van der Waals surface area (Å²) in [7, 11) is 0. The summed E-state index contributed by atoms with van der Waals surface area (Å²) in [6.07, 6.45) is 0.587. The first-order chi connectivity index (χ1) is 13.0. The maximum atomic E-state index is 12.9. The van der Waals surface area contributed by atoms with Crippen molar-refractivity contribution in [3.8, 4) is 16.9 Å². The number of benzene rings is 2. The number of aromatic hydroxyl groups is 1. The number of nitrogens with zero attached hydrogens (tertiary/aromatic N) is 2. The van der Waals surface area contributed by atoms with Crippen molar-refractivity contribution in [3.63, 3.8) is 0 Å². The summed E-state index contributed by atoms with van der Waals surface area (Å²) in [6.45, 7) is 8.00. The normalized spacial score (nSPS) is 9.55. The molecule has 0 saturated heterocycles. The summed E-state index contributed by atoms with van der Waals surface area (Å²) in [5.74, 6) is -0.0618. The number of halogens is 1. The van der Waals surface area contributed by atoms with E-state index in [1.165, 1.54) is 4.68 Å². The quantitative estimate of drug-likeness (QED) is 0.486. The van der Waals surface area contributed by atoms with Crippen LogP contribution in [0.5, 0.6) is 5.75 Å². The zero-order valence-corrected chi connectivity index (χ0v) is 21.3. The van der Waals surface area contributed by atoms with E-state index in [0.29, 0.717) is 29.2 Å². The van der Waals surface area contributed by atoms with Crippen molar-refractivity contribution in [2.45, 2.75) is 40.7 Å². The molecule has 0 fully saturated rings. The van der Waals surface area contributed by atoms with E-state index in [-0.39, 0.29) is 51.4 Å². The van der Waals surface area contributed by atoms with Gasteiger partial charge in [-0.15, -0.1) is 0 Å². The van der Waals surface area contributed by atoms with Gasteiger partial charge >= 0.3 is 0 Å². The van der Waals surface area contributed by atoms with Crippen LogP contribution >= 0.6 is 11.6 Å². The number of aryl methyl sites for hydroxylation is 4. The predicted octanol–water partition coefficient (Wildman–Crippen LogP) is 5.60. The predicted molar refractivity (Wildman–Crippen MR) is 118 cm³/mol. The molecule has 0 aliphatic heterocycles. The van der Waals surface area contributed by atoms with Crippen molar-refractivity contribution in [2.75, 3.05) is 0 Å². The van der Waals surface area contributed by atoms with Gasteiger partial charge in [0.15, 0.2) is 5.75 Å². The Kier molecular flexibility index (Phi) is 12.3. The summed E-state index contributed by atoms with van der Waals surface area (Å²) in [4.78, 5) is 12.9. The standard InChI is InChI=1S/C20H19ClN2O2.C2H6.CH3.Y/c1-13-7-3-5-9-16(13)18-19(24)14(2)22-23(20(18)25)12-11-15-8-4-6-10-17(15)21;1-2;;/h3-10,24H,11-12H2,1-2H3;1-2H3;1H3;/q;;-1;. The van der Waals surface area contributed by atoms with Crippen molar-refractivity contribution >= 4 is 11.6 Å². The van der Waals surface area contributed by atoms with Crippen LogP contribution in [0.25, 0.3) is 11.1 Å². The minimum absolute atomic E-state index is 0. The molecule has 0 unspecified atom stereocenters. The molecule has 2 aromatic carbocycles. The SMILES string of the molecule is CC.Cc1ccccc1-c1c(O)c(C)nn(CCc2ccccc2Cl)c1=O.[CH3-].[Y]. The molecule has 1 radical (unpaired) electrons. The topological polar surface area (TPSA) is 55.1 Å². The van der Waals surface area contributed by atoms with Gasteiger partial charge in [0.05, 0.1) is 5.56 Å². The zero-order valence-electron chi connectivity index (χ0n) is 17.7. The Balaban J connectivity index is 0.00000190. The fourth-order valence-electron chi connectivity index (χ4n) is 2.86. The zero-order chi connectivity index (χ0) is 20.0. The van der Waals surface area contributed by atoms with Gasteiger partial charge in [-0.25, -0.2) is 4.68 Å². The van der Waals surface area contributed by atoms with E-state index in [4.69, 9.17) is 11.6 Å². The summed E-state index contributed by atoms with van der Waals surface area (Å²) >= 11 is 6.19. The molecular weight excluding hydrogens is 461 g/mol. The molecule has 0 aliphatic rings. The molecule has 1 N–H and O–H groups in total. The molecular formula is C23H28ClN2O2Y-. The largest absolute Gasteiger partial charge is 0.505 e. The second-order valence-electron chi connectivity index (χ2n) is 5.99. The molecule has 0 bridgehead atoms. The Morgan fingerprint density at radius 2 is 1.62 bits per heavy atom. The number of aromatic nitrogens is 2. The van der Waals surface area contributed by atoms with Gasteiger partial charge in [-0.05, 0) is 43.0 Å². The number of hydrogen-bond acceptors (Lipinski definition) is 3. The fourth-order valence-corrected chi connectivity index (χ4v) is 3.09. The first-order valence-electron chi connectivity index (χ1n) is 9.09. The molecule has 1 heterocycles. The molecule has 1 aromatic heterocycles. The van der Waals surface area contributed by atoms with Gasteiger partial charge in [0.1, 0.15) is 5.69 Å². The van der Waals surface area contributed by atoms with E-state index < -0.39 is 0 Å². The van der Waals surface area contributed by atoms with E-state index in [1.54, 1.807) is 6.92 Å². The molecule has 29 heavy (non-hydrogen) atoms. The Morgan fingerprint density at radius 1 is 1.03 bits per heavy atom. The van der Waals surface area contributed by atoms with Crippen LogP contribution in [0.1, 0.15) is 30.7 Å². The summed E-state index contributed by atoms with van der Waals surface area (Å²) in [5, 5.41) is 15.3. The van der Waals surface area contributed by atoms with Crippen molar-refractivity contribution in [2.24, 2.45) is 0 Å². The average Bonchev–Trinajstić information content (AvgIpc) is 2.68. The van der Waals surface area contributed by atoms with Gasteiger partial charge in [0.2, 0.25) is 0 Å². The van der Waals surface area contributed by atoms with Crippen LogP contribution in [0.4, 0.5) is 0 Å². The minimum Gasteiger partial charge on any atom is -0.505 e. The molecule has 0 atom stereocenters. The minimum atomic E-state index is -0.301. The van der Waals surface area contributed by atoms with Gasteiger partial charge in [0.25, 0.3) is 5.56 Å². The molecule has 0 aliphatic carbocycles. The van der Waals surface area contributed by atoms with Crippen molar-refractivity contribution in [3.05, 3.63) is 88.2 Å². The van der Waals surface area contributed by atoms with E-state index >= 15 is 0 Å². The van der Waals surface area contributed by atoms with Crippen molar-refractivity contribution in [1.29, 1.82) is 0 Å². The van der Waals surface area contributed by atoms with Crippen LogP contribution in [-0.2, 0) is 45.7 Å². The molecule has 3 rings (SSSR count). The van der Waals surface area contributed by atoms with Gasteiger partial charge in [-0.2, -0.15) is 5.10 Å². The van der Waals surface area contributed by atoms with Gasteiger partial charge < -0.3 is 12.5 Å². The first kappa shape index (κ1) is 27.5. The third-order valence-electron chi connectivity index (χ3n) is 4.26. The first-order valence-corrected chi connectivity index (χ1v) is 9.47. The molecule has 153 valence electrons. The third kappa shape index (κ3) is 6.50. The smallest absolute Gasteiger partial charge is 0.278 e. The second-order valence-corrected chi connectivity index (χ2v) is 6.40. The molecule has 3 aromatic rings. The average molecular weight is 489 g/mol. The van der Waals surface area contributed by atoms with E-state index in [0.717, 1.165) is 16.7 Å². The summed E-state index contributed by atoms with van der Waals surface area (Å²) in [5.41, 5.74) is 3.03. The molecule has 0 saturated carbocycles. The van der Waals surface area contributed by atoms with Crippen LogP contribution in [0.3, 0.4) is 0 Å². The third-order valence-corrected chi connectivity index (χ3v) is 4.63. The summed E-state index contributed by atoms with van der Waals surface area (Å²) < 4.78 is 1.40. The molecule has 4 nitrogen and oxygen atoms in total. The van der Waals surface area contributed by atoms with Gasteiger partial charge in [-0.3, -0.25) is 4.79 Å². The molecule has 0 amide bonds. The van der Waals surface area contributed by atoms with Crippen LogP contribution in [0, 0.1) is 21.3 Å². The number of rotatable bonds is 4. The van der Waals surface area contributed by atoms with Gasteiger partial charge in [-0.1, -0.05) is 67.9 Å². The Bertz CT molecular complexity index is 987. The number of hydrogen-bond donors (Lipinski definition) is 1. The second kappa shape index (κ2) is 12.9. The van der Waals surface area contributed by atoms with Crippen molar-refractivity contribution in [1.82, 2.24) is 9.78 Å². The Hall–Kier alpha value is -1.49. The Labute approximate surface area is 203 Å². The van der Waals surface area contributed by atoms with E-state index in [1.807, 2.05) is 69.3 Å². The fraction of sp³-hybridized carbons (Fsp3) is 0.261. The van der Waals surface area contributed by atoms with Crippen LogP contribution in [0.15, 0.2) is 53.3 Å². The van der Waals surface area contributed by atoms with Crippen LogP contribution < -0.4 is 5.56 Å². The maximum absolute atomic E-state index is 12.9. The Morgan fingerprint density at radius 3 is 2.24 bits per heavy atom. The molecule has 0 spiro atoms. The van der Waals surface area contributed by atoms with E-state index in [2.05, 4.69) is 5.10 Å². The van der Waals surface area contributed by atoms with E-state index in [9.17, 15) is 9.90 Å². The van der Waals surface area contributed by atoms with Crippen LogP contribution in [-0.4, -0.2) is 14.9 Å². The summed E-state index contributed by atoms with van der Waals surface area (Å²) in [6, 6.07) is 15.1.